The third kappa shape index (κ3) is 10.1. The van der Waals surface area contributed by atoms with Crippen molar-refractivity contribution in [1.82, 2.24) is 10.2 Å². The van der Waals surface area contributed by atoms with Gasteiger partial charge >= 0.3 is 0 Å². The van der Waals surface area contributed by atoms with E-state index in [0.29, 0.717) is 26.3 Å². The number of rotatable bonds is 14. The average molecular weight is 667 g/mol. The fourth-order valence-corrected chi connectivity index (χ4v) is 6.31. The number of sulfonamides is 1. The number of hydrogen-bond acceptors (Lipinski definition) is 4. The number of nitrogens with zero attached hydrogens (tertiary/aromatic N) is 2. The number of nitrogens with one attached hydrogen (secondary N) is 1. The summed E-state index contributed by atoms with van der Waals surface area (Å²) in [5.74, 6) is -0.577. The summed E-state index contributed by atoms with van der Waals surface area (Å²) in [5.41, 5.74) is 2.74. The highest BCUT2D eigenvalue weighted by molar-refractivity contribution is 7.92. The lowest BCUT2D eigenvalue weighted by molar-refractivity contribution is -0.141. The summed E-state index contributed by atoms with van der Waals surface area (Å²) in [5, 5.41) is 4.28. The number of hydrogen-bond donors (Lipinski definition) is 1. The Balaban J connectivity index is 1.94. The number of aryl methyl sites for hydroxylation is 1. The summed E-state index contributed by atoms with van der Waals surface area (Å²) in [6.45, 7) is 5.82. The Kier molecular flexibility index (Phi) is 12.8. The second kappa shape index (κ2) is 15.8. The average Bonchev–Trinajstić information content (AvgIpc) is 2.95. The lowest BCUT2D eigenvalue weighted by atomic mass is 10.0. The molecule has 232 valence electrons. The van der Waals surface area contributed by atoms with Crippen LogP contribution in [0.5, 0.6) is 0 Å². The Hall–Kier alpha value is -2.78. The van der Waals surface area contributed by atoms with Gasteiger partial charge in [-0.1, -0.05) is 84.2 Å². The van der Waals surface area contributed by atoms with Crippen molar-refractivity contribution >= 4 is 62.3 Å². The van der Waals surface area contributed by atoms with Gasteiger partial charge in [0, 0.05) is 47.0 Å². The van der Waals surface area contributed by atoms with E-state index in [4.69, 9.17) is 34.8 Å². The summed E-state index contributed by atoms with van der Waals surface area (Å²) < 4.78 is 26.8. The molecule has 0 unspecified atom stereocenters. The monoisotopic (exact) mass is 665 g/mol. The molecule has 0 saturated carbocycles. The van der Waals surface area contributed by atoms with Gasteiger partial charge in [-0.2, -0.15) is 0 Å². The van der Waals surface area contributed by atoms with Crippen LogP contribution >= 0.6 is 34.8 Å². The molecule has 11 heteroatoms. The summed E-state index contributed by atoms with van der Waals surface area (Å²) in [4.78, 5) is 29.2. The number of halogens is 3. The van der Waals surface area contributed by atoms with E-state index in [9.17, 15) is 18.0 Å². The zero-order chi connectivity index (χ0) is 31.7. The van der Waals surface area contributed by atoms with Crippen LogP contribution in [0.15, 0.2) is 66.7 Å². The summed E-state index contributed by atoms with van der Waals surface area (Å²) in [7, 11) is -3.66. The van der Waals surface area contributed by atoms with Crippen LogP contribution in [0.2, 0.25) is 15.1 Å². The molecule has 0 aliphatic carbocycles. The third-order valence-corrected chi connectivity index (χ3v) is 9.22. The number of carbonyl (C=O) groups excluding carboxylic acids is 2. The van der Waals surface area contributed by atoms with E-state index < -0.39 is 16.1 Å². The van der Waals surface area contributed by atoms with Gasteiger partial charge in [0.05, 0.1) is 11.9 Å². The predicted molar refractivity (Wildman–Crippen MR) is 176 cm³/mol. The molecule has 2 atom stereocenters. The van der Waals surface area contributed by atoms with Crippen molar-refractivity contribution in [3.8, 4) is 0 Å². The Labute approximate surface area is 270 Å². The molecule has 2 amide bonds. The van der Waals surface area contributed by atoms with E-state index in [1.807, 2.05) is 44.2 Å². The van der Waals surface area contributed by atoms with Gasteiger partial charge in [0.2, 0.25) is 21.8 Å². The van der Waals surface area contributed by atoms with Crippen LogP contribution in [0, 0.1) is 6.92 Å². The maximum atomic E-state index is 14.0. The summed E-state index contributed by atoms with van der Waals surface area (Å²) in [6.07, 6.45) is 2.36. The first-order chi connectivity index (χ1) is 20.3. The molecule has 1 N–H and O–H groups in total. The first-order valence-electron chi connectivity index (χ1n) is 14.1. The molecule has 0 radical (unpaired) electrons. The van der Waals surface area contributed by atoms with E-state index in [1.54, 1.807) is 43.3 Å². The molecule has 0 heterocycles. The summed E-state index contributed by atoms with van der Waals surface area (Å²) in [6, 6.07) is 18.7. The standard InChI is InChI=1S/C32H38Cl3N3O4S/c1-5-23(3)36-32(40)30(18-24-10-7-6-8-11-24)37(21-25-14-16-26(33)19-28(25)35)31(39)12-9-17-38(43(4,41)42)29-20-27(34)15-13-22(29)2/h6-8,10-11,13-16,19-20,23,30H,5,9,12,17-18,21H2,1-4H3,(H,36,40)/t23-,30-/m0/s1. The zero-order valence-electron chi connectivity index (χ0n) is 24.8. The normalized spacial score (nSPS) is 12.8. The molecule has 0 fully saturated rings. The van der Waals surface area contributed by atoms with Crippen LogP contribution in [0.25, 0.3) is 0 Å². The van der Waals surface area contributed by atoms with Crippen LogP contribution in [0.4, 0.5) is 5.69 Å². The van der Waals surface area contributed by atoms with Gasteiger partial charge in [-0.05, 0) is 67.6 Å². The van der Waals surface area contributed by atoms with Crippen molar-refractivity contribution in [3.63, 3.8) is 0 Å². The topological polar surface area (TPSA) is 86.8 Å². The molecule has 0 bridgehead atoms. The lowest BCUT2D eigenvalue weighted by Crippen LogP contribution is -2.52. The van der Waals surface area contributed by atoms with Crippen molar-refractivity contribution in [2.45, 2.75) is 65.1 Å². The molecule has 43 heavy (non-hydrogen) atoms. The van der Waals surface area contributed by atoms with E-state index in [-0.39, 0.29) is 50.2 Å². The van der Waals surface area contributed by atoms with Crippen molar-refractivity contribution < 1.29 is 18.0 Å². The Morgan fingerprint density at radius 3 is 2.23 bits per heavy atom. The van der Waals surface area contributed by atoms with Crippen molar-refractivity contribution in [2.75, 3.05) is 17.1 Å². The Bertz CT molecular complexity index is 1520. The molecule has 0 aliphatic heterocycles. The second-order valence-electron chi connectivity index (χ2n) is 10.7. The summed E-state index contributed by atoms with van der Waals surface area (Å²) >= 11 is 18.8. The highest BCUT2D eigenvalue weighted by atomic mass is 35.5. The van der Waals surface area contributed by atoms with Crippen LogP contribution in [0.1, 0.15) is 49.8 Å². The molecule has 0 aliphatic rings. The van der Waals surface area contributed by atoms with Crippen LogP contribution in [0.3, 0.4) is 0 Å². The number of benzene rings is 3. The first-order valence-corrected chi connectivity index (χ1v) is 17.1. The van der Waals surface area contributed by atoms with Gasteiger partial charge in [0.1, 0.15) is 6.04 Å². The maximum Gasteiger partial charge on any atom is 0.243 e. The molecular weight excluding hydrogens is 629 g/mol. The quantitative estimate of drug-likeness (QED) is 0.200. The van der Waals surface area contributed by atoms with Crippen molar-refractivity contribution in [2.24, 2.45) is 0 Å². The number of amides is 2. The van der Waals surface area contributed by atoms with Gasteiger partial charge < -0.3 is 10.2 Å². The lowest BCUT2D eigenvalue weighted by Gasteiger charge is -2.33. The SMILES string of the molecule is CC[C@H](C)NC(=O)[C@H](Cc1ccccc1)N(Cc1ccc(Cl)cc1Cl)C(=O)CCCN(c1cc(Cl)ccc1C)S(C)(=O)=O. The fraction of sp³-hybridized carbons (Fsp3) is 0.375. The molecule has 3 rings (SSSR count). The van der Waals surface area contributed by atoms with Gasteiger partial charge in [-0.3, -0.25) is 13.9 Å². The minimum absolute atomic E-state index is 0.00125. The largest absolute Gasteiger partial charge is 0.352 e. The van der Waals surface area contributed by atoms with Crippen LogP contribution in [-0.2, 0) is 32.6 Å². The van der Waals surface area contributed by atoms with Crippen molar-refractivity contribution in [3.05, 3.63) is 98.5 Å². The fourth-order valence-electron chi connectivity index (χ4n) is 4.66. The van der Waals surface area contributed by atoms with Gasteiger partial charge in [0.15, 0.2) is 0 Å². The van der Waals surface area contributed by atoms with E-state index in [1.165, 1.54) is 9.21 Å². The second-order valence-corrected chi connectivity index (χ2v) is 13.8. The van der Waals surface area contributed by atoms with Gasteiger partial charge in [-0.15, -0.1) is 0 Å². The Morgan fingerprint density at radius 1 is 0.953 bits per heavy atom. The van der Waals surface area contributed by atoms with Crippen molar-refractivity contribution in [1.29, 1.82) is 0 Å². The molecule has 0 saturated heterocycles. The molecule has 3 aromatic rings. The Morgan fingerprint density at radius 2 is 1.60 bits per heavy atom. The van der Waals surface area contributed by atoms with Gasteiger partial charge in [0.25, 0.3) is 0 Å². The molecule has 3 aromatic carbocycles. The first kappa shape index (κ1) is 34.7. The minimum atomic E-state index is -3.66. The number of carbonyl (C=O) groups is 2. The number of anilines is 1. The minimum Gasteiger partial charge on any atom is -0.352 e. The predicted octanol–water partition coefficient (Wildman–Crippen LogP) is 7.06. The molecule has 0 spiro atoms. The van der Waals surface area contributed by atoms with Crippen LogP contribution in [-0.4, -0.2) is 50.0 Å². The van der Waals surface area contributed by atoms with Gasteiger partial charge in [-0.25, -0.2) is 8.42 Å². The smallest absolute Gasteiger partial charge is 0.243 e. The third-order valence-electron chi connectivity index (χ3n) is 7.22. The van der Waals surface area contributed by atoms with E-state index >= 15 is 0 Å². The highest BCUT2D eigenvalue weighted by Crippen LogP contribution is 2.28. The van der Waals surface area contributed by atoms with E-state index in [0.717, 1.165) is 23.8 Å². The highest BCUT2D eigenvalue weighted by Gasteiger charge is 2.31. The molecule has 0 aromatic heterocycles. The van der Waals surface area contributed by atoms with Crippen LogP contribution < -0.4 is 9.62 Å². The molecule has 7 nitrogen and oxygen atoms in total. The van der Waals surface area contributed by atoms with E-state index in [2.05, 4.69) is 5.32 Å². The molecular formula is C32H38Cl3N3O4S. The maximum absolute atomic E-state index is 14.0. The zero-order valence-corrected chi connectivity index (χ0v) is 27.9.